The van der Waals surface area contributed by atoms with Crippen molar-refractivity contribution in [3.05, 3.63) is 18.2 Å². The van der Waals surface area contributed by atoms with Crippen LogP contribution in [0.15, 0.2) is 12.4 Å². The largest absolute Gasteiger partial charge is 0.511 e. The molecule has 0 bridgehead atoms. The van der Waals surface area contributed by atoms with Crippen LogP contribution in [0.1, 0.15) is 12.7 Å². The molecule has 0 atom stereocenters. The van der Waals surface area contributed by atoms with Gasteiger partial charge in [-0.2, -0.15) is 4.79 Å². The lowest BCUT2D eigenvalue weighted by Gasteiger charge is -1.96. The minimum absolute atomic E-state index is 0.324. The molecule has 0 spiro atoms. The average molecular weight is 169 g/mol. The number of aryl methyl sites for hydroxylation is 1. The molecule has 0 saturated carbocycles. The second-order valence-electron chi connectivity index (χ2n) is 2.53. The van der Waals surface area contributed by atoms with E-state index >= 15 is 0 Å². The van der Waals surface area contributed by atoms with Crippen molar-refractivity contribution in [3.63, 3.8) is 0 Å². The Morgan fingerprint density at radius 2 is 2.42 bits per heavy atom. The van der Waals surface area contributed by atoms with Gasteiger partial charge < -0.3 is 4.74 Å². The summed E-state index contributed by atoms with van der Waals surface area (Å²) < 4.78 is 8.17. The van der Waals surface area contributed by atoms with E-state index in [-0.39, 0.29) is 6.09 Å². The molecule has 0 aliphatic heterocycles. The smallest absolute Gasteiger partial charge is 0.431 e. The lowest BCUT2D eigenvalue weighted by molar-refractivity contribution is -0.676. The van der Waals surface area contributed by atoms with Gasteiger partial charge in [0.2, 0.25) is 0 Å². The molecule has 0 fully saturated rings. The molecular formula is C8H13N2O2+. The number of imidazole rings is 1. The number of rotatable bonds is 1. The quantitative estimate of drug-likeness (QED) is 0.578. The normalized spacial score (nSPS) is 9.92. The van der Waals surface area contributed by atoms with Gasteiger partial charge in [-0.25, -0.2) is 4.57 Å². The molecule has 0 N–H and O–H groups in total. The maximum atomic E-state index is 11.2. The monoisotopic (exact) mass is 169 g/mol. The van der Waals surface area contributed by atoms with Gasteiger partial charge in [-0.3, -0.25) is 0 Å². The minimum Gasteiger partial charge on any atom is -0.431 e. The van der Waals surface area contributed by atoms with Gasteiger partial charge in [0.25, 0.3) is 5.82 Å². The van der Waals surface area contributed by atoms with Crippen LogP contribution in [0.5, 0.6) is 0 Å². The Morgan fingerprint density at radius 3 is 2.83 bits per heavy atom. The summed E-state index contributed by atoms with van der Waals surface area (Å²) in [6.45, 7) is 4.05. The zero-order valence-corrected chi connectivity index (χ0v) is 7.57. The highest BCUT2D eigenvalue weighted by Gasteiger charge is 2.17. The zero-order valence-electron chi connectivity index (χ0n) is 7.57. The van der Waals surface area contributed by atoms with E-state index in [1.165, 1.54) is 4.57 Å². The number of aromatic nitrogens is 2. The van der Waals surface area contributed by atoms with E-state index in [9.17, 15) is 4.79 Å². The highest BCUT2D eigenvalue weighted by Crippen LogP contribution is 1.94. The third-order valence-corrected chi connectivity index (χ3v) is 1.76. The van der Waals surface area contributed by atoms with Crippen LogP contribution in [0.25, 0.3) is 0 Å². The standard InChI is InChI=1S/C8H13N2O2/c1-4-12-8(11)10-6-5-9(3)7(10)2/h5-6H,4H2,1-3H3/q+1. The minimum atomic E-state index is -0.324. The Morgan fingerprint density at radius 1 is 1.75 bits per heavy atom. The van der Waals surface area contributed by atoms with Crippen LogP contribution in [-0.4, -0.2) is 17.3 Å². The number of carbonyl (C=O) groups excluding carboxylic acids is 1. The molecule has 0 amide bonds. The van der Waals surface area contributed by atoms with E-state index in [1.54, 1.807) is 13.1 Å². The molecule has 0 saturated heterocycles. The van der Waals surface area contributed by atoms with Crippen LogP contribution in [-0.2, 0) is 11.8 Å². The van der Waals surface area contributed by atoms with Crippen molar-refractivity contribution in [1.29, 1.82) is 0 Å². The van der Waals surface area contributed by atoms with Gasteiger partial charge >= 0.3 is 6.09 Å². The molecule has 0 aliphatic carbocycles. The molecule has 1 heterocycles. The predicted octanol–water partition coefficient (Wildman–Crippen LogP) is 0.626. The summed E-state index contributed by atoms with van der Waals surface area (Å²) in [5.41, 5.74) is 0. The molecule has 0 aliphatic rings. The van der Waals surface area contributed by atoms with Crippen LogP contribution in [0.3, 0.4) is 0 Å². The molecule has 4 heteroatoms. The van der Waals surface area contributed by atoms with Crippen molar-refractivity contribution in [2.24, 2.45) is 7.05 Å². The summed E-state index contributed by atoms with van der Waals surface area (Å²) in [7, 11) is 1.88. The number of nitrogens with zero attached hydrogens (tertiary/aromatic N) is 2. The van der Waals surface area contributed by atoms with Crippen molar-refractivity contribution in [2.45, 2.75) is 13.8 Å². The summed E-state index contributed by atoms with van der Waals surface area (Å²) in [5, 5.41) is 0. The Kier molecular flexibility index (Phi) is 2.47. The van der Waals surface area contributed by atoms with E-state index in [0.29, 0.717) is 6.61 Å². The molecule has 66 valence electrons. The number of hydrogen-bond donors (Lipinski definition) is 0. The predicted molar refractivity (Wildman–Crippen MR) is 42.8 cm³/mol. The fraction of sp³-hybridized carbons (Fsp3) is 0.500. The first-order chi connectivity index (χ1) is 5.66. The molecule has 12 heavy (non-hydrogen) atoms. The topological polar surface area (TPSA) is 35.1 Å². The Balaban J connectivity index is 2.88. The number of hydrogen-bond acceptors (Lipinski definition) is 2. The second-order valence-corrected chi connectivity index (χ2v) is 2.53. The van der Waals surface area contributed by atoms with Crippen LogP contribution in [0.2, 0.25) is 0 Å². The summed E-state index contributed by atoms with van der Waals surface area (Å²) in [6, 6.07) is 0. The van der Waals surface area contributed by atoms with E-state index in [0.717, 1.165) is 5.82 Å². The fourth-order valence-corrected chi connectivity index (χ4v) is 0.938. The van der Waals surface area contributed by atoms with Crippen LogP contribution < -0.4 is 4.57 Å². The van der Waals surface area contributed by atoms with Crippen LogP contribution >= 0.6 is 0 Å². The summed E-state index contributed by atoms with van der Waals surface area (Å²) in [4.78, 5) is 11.2. The van der Waals surface area contributed by atoms with Gasteiger partial charge in [0, 0.05) is 6.92 Å². The zero-order chi connectivity index (χ0) is 9.14. The highest BCUT2D eigenvalue weighted by atomic mass is 16.5. The molecule has 0 radical (unpaired) electrons. The Hall–Kier alpha value is -1.32. The van der Waals surface area contributed by atoms with Gasteiger partial charge in [0.1, 0.15) is 12.4 Å². The first-order valence-corrected chi connectivity index (χ1v) is 3.87. The van der Waals surface area contributed by atoms with Gasteiger partial charge in [-0.05, 0) is 6.92 Å². The van der Waals surface area contributed by atoms with Crippen LogP contribution in [0, 0.1) is 6.92 Å². The van der Waals surface area contributed by atoms with Crippen LogP contribution in [0.4, 0.5) is 4.79 Å². The Labute approximate surface area is 71.4 Å². The lowest BCUT2D eigenvalue weighted by Crippen LogP contribution is -2.31. The van der Waals surface area contributed by atoms with E-state index in [4.69, 9.17) is 4.74 Å². The Bertz CT molecular complexity index is 291. The van der Waals surface area contributed by atoms with Crippen molar-refractivity contribution in [2.75, 3.05) is 6.61 Å². The molecule has 1 aromatic heterocycles. The van der Waals surface area contributed by atoms with E-state index < -0.39 is 0 Å². The third-order valence-electron chi connectivity index (χ3n) is 1.76. The van der Waals surface area contributed by atoms with Crippen molar-refractivity contribution < 1.29 is 14.1 Å². The van der Waals surface area contributed by atoms with Crippen molar-refractivity contribution in [3.8, 4) is 0 Å². The van der Waals surface area contributed by atoms with Gasteiger partial charge in [0.15, 0.2) is 0 Å². The van der Waals surface area contributed by atoms with E-state index in [2.05, 4.69) is 0 Å². The maximum Gasteiger partial charge on any atom is 0.511 e. The molecule has 1 aromatic rings. The summed E-state index contributed by atoms with van der Waals surface area (Å²) in [6.07, 6.45) is 3.18. The molecule has 0 aromatic carbocycles. The second kappa shape index (κ2) is 3.38. The van der Waals surface area contributed by atoms with Gasteiger partial charge in [-0.1, -0.05) is 0 Å². The fourth-order valence-electron chi connectivity index (χ4n) is 0.938. The SMILES string of the molecule is CCOC(=O)n1cc[n+](C)c1C. The summed E-state index contributed by atoms with van der Waals surface area (Å²) >= 11 is 0. The highest BCUT2D eigenvalue weighted by molar-refractivity contribution is 5.70. The first kappa shape index (κ1) is 8.77. The van der Waals surface area contributed by atoms with E-state index in [1.807, 2.05) is 24.7 Å². The number of carbonyl (C=O) groups is 1. The average Bonchev–Trinajstić information content (AvgIpc) is 2.34. The third kappa shape index (κ3) is 1.47. The van der Waals surface area contributed by atoms with Gasteiger partial charge in [0.05, 0.1) is 13.7 Å². The van der Waals surface area contributed by atoms with Crippen molar-refractivity contribution >= 4 is 6.09 Å². The van der Waals surface area contributed by atoms with Gasteiger partial charge in [-0.15, -0.1) is 4.57 Å². The molecule has 4 nitrogen and oxygen atoms in total. The van der Waals surface area contributed by atoms with Crippen molar-refractivity contribution in [1.82, 2.24) is 4.57 Å². The summed E-state index contributed by atoms with van der Waals surface area (Å²) in [5.74, 6) is 0.855. The maximum absolute atomic E-state index is 11.2. The lowest BCUT2D eigenvalue weighted by atomic mass is 10.7. The molecular weight excluding hydrogens is 156 g/mol. The number of ether oxygens (including phenoxy) is 1. The first-order valence-electron chi connectivity index (χ1n) is 3.87. The molecule has 0 unspecified atom stereocenters. The molecule has 1 rings (SSSR count).